The monoisotopic (exact) mass is 587 g/mol. The molecule has 13 heteroatoms. The third-order valence-corrected chi connectivity index (χ3v) is 8.54. The lowest BCUT2D eigenvalue weighted by atomic mass is 9.89. The Hall–Kier alpha value is -3.06. The van der Waals surface area contributed by atoms with Gasteiger partial charge in [0.05, 0.1) is 31.0 Å². The van der Waals surface area contributed by atoms with Crippen molar-refractivity contribution in [2.75, 3.05) is 32.4 Å². The van der Waals surface area contributed by atoms with Gasteiger partial charge in [-0.2, -0.15) is 17.5 Å². The zero-order valence-electron chi connectivity index (χ0n) is 21.8. The first-order valence-electron chi connectivity index (χ1n) is 12.8. The van der Waals surface area contributed by atoms with E-state index in [-0.39, 0.29) is 30.5 Å². The Morgan fingerprint density at radius 2 is 1.75 bits per heavy atom. The van der Waals surface area contributed by atoms with Crippen molar-refractivity contribution in [1.82, 2.24) is 14.5 Å². The molecule has 3 aliphatic rings. The first kappa shape index (κ1) is 29.9. The average molecular weight is 588 g/mol. The van der Waals surface area contributed by atoms with Crippen LogP contribution in [-0.4, -0.2) is 62.4 Å². The van der Waals surface area contributed by atoms with Gasteiger partial charge in [-0.25, -0.2) is 17.2 Å². The lowest BCUT2D eigenvalue weighted by Crippen LogP contribution is -2.58. The van der Waals surface area contributed by atoms with Gasteiger partial charge in [-0.1, -0.05) is 18.2 Å². The smallest absolute Gasteiger partial charge is 0.351 e. The molecule has 1 saturated carbocycles. The number of benzene rings is 2. The maximum atomic E-state index is 14.8. The van der Waals surface area contributed by atoms with Gasteiger partial charge < -0.3 is 10.2 Å². The number of nitrogens with one attached hydrogen (secondary N) is 1. The first-order valence-corrected chi connectivity index (χ1v) is 14.7. The molecule has 0 bridgehead atoms. The molecule has 5 rings (SSSR count). The van der Waals surface area contributed by atoms with Crippen LogP contribution in [0.1, 0.15) is 58.8 Å². The average Bonchev–Trinajstić information content (AvgIpc) is 3.57. The van der Waals surface area contributed by atoms with E-state index in [4.69, 9.17) is 0 Å². The van der Waals surface area contributed by atoms with Gasteiger partial charge in [-0.05, 0) is 61.4 Å². The van der Waals surface area contributed by atoms with Crippen LogP contribution in [0.25, 0.3) is 0 Å². The predicted molar refractivity (Wildman–Crippen MR) is 137 cm³/mol. The summed E-state index contributed by atoms with van der Waals surface area (Å²) in [5.74, 6) is -0.903. The van der Waals surface area contributed by atoms with Crippen molar-refractivity contribution >= 4 is 22.3 Å². The fourth-order valence-corrected chi connectivity index (χ4v) is 5.78. The number of rotatable bonds is 7. The molecule has 7 nitrogen and oxygen atoms in total. The van der Waals surface area contributed by atoms with Crippen LogP contribution in [0.3, 0.4) is 0 Å². The maximum Gasteiger partial charge on any atom is 0.416 e. The Kier molecular flexibility index (Phi) is 8.55. The van der Waals surface area contributed by atoms with Crippen molar-refractivity contribution in [1.29, 1.82) is 0 Å². The molecule has 1 N–H and O–H groups in total. The van der Waals surface area contributed by atoms with Crippen molar-refractivity contribution in [2.45, 2.75) is 43.6 Å². The lowest BCUT2D eigenvalue weighted by Gasteiger charge is -2.43. The van der Waals surface area contributed by atoms with E-state index in [0.717, 1.165) is 61.5 Å². The second-order valence-electron chi connectivity index (χ2n) is 10.4. The normalized spacial score (nSPS) is 19.7. The largest absolute Gasteiger partial charge is 0.416 e. The minimum atomic E-state index is -4.56. The maximum absolute atomic E-state index is 14.8. The molecule has 2 saturated heterocycles. The topological polar surface area (TPSA) is 86.8 Å². The van der Waals surface area contributed by atoms with E-state index < -0.39 is 39.3 Å². The molecule has 0 radical (unpaired) electrons. The Labute approximate surface area is 229 Å². The number of hydrogen-bond donors (Lipinski definition) is 1. The minimum absolute atomic E-state index is 0.0813. The van der Waals surface area contributed by atoms with Gasteiger partial charge in [-0.3, -0.25) is 9.59 Å². The zero-order valence-corrected chi connectivity index (χ0v) is 22.6. The quantitative estimate of drug-likeness (QED) is 0.384. The SMILES string of the molecule is CS(=O)(=O)N1CC(F)(c2cccc(C(=O)N3CCCC3)c2)C1.O=CNC(c1ccc(C(F)(F)F)cc1F)C1CC1. The number of carbonyl (C=O) groups excluding carboxylic acids is 2. The predicted octanol–water partition coefficient (Wildman–Crippen LogP) is 4.40. The molecule has 2 aromatic rings. The molecule has 0 aromatic heterocycles. The summed E-state index contributed by atoms with van der Waals surface area (Å²) < 4.78 is 89.5. The van der Waals surface area contributed by atoms with E-state index in [1.165, 1.54) is 0 Å². The second-order valence-corrected chi connectivity index (χ2v) is 12.4. The Balaban J connectivity index is 0.000000189. The van der Waals surface area contributed by atoms with E-state index in [9.17, 15) is 40.0 Å². The molecule has 2 heterocycles. The van der Waals surface area contributed by atoms with Crippen molar-refractivity contribution in [3.63, 3.8) is 0 Å². The number of halogens is 5. The number of likely N-dealkylation sites (tertiary alicyclic amines) is 1. The number of nitrogens with zero attached hydrogens (tertiary/aromatic N) is 2. The van der Waals surface area contributed by atoms with Gasteiger partial charge in [0.2, 0.25) is 16.4 Å². The molecular weight excluding hydrogens is 557 g/mol. The highest BCUT2D eigenvalue weighted by atomic mass is 32.2. The highest BCUT2D eigenvalue weighted by molar-refractivity contribution is 7.88. The molecular formula is C27H30F5N3O4S. The van der Waals surface area contributed by atoms with E-state index in [0.29, 0.717) is 23.6 Å². The summed E-state index contributed by atoms with van der Waals surface area (Å²) in [7, 11) is -3.37. The molecule has 0 spiro atoms. The second kappa shape index (κ2) is 11.4. The highest BCUT2D eigenvalue weighted by Crippen LogP contribution is 2.42. The first-order chi connectivity index (χ1) is 18.7. The standard InChI is InChI=1S/C15H19FN2O3S.C12H11F4NO/c1-22(20,21)18-10-15(16,11-18)13-6-4-5-12(9-13)14(19)17-7-2-3-8-17;13-10-5-8(12(14,15)16)3-4-9(10)11(17-6-18)7-1-2-7/h4-6,9H,2-3,7-8,10-11H2,1H3;3-7,11H,1-2H2,(H,17,18). The third-order valence-electron chi connectivity index (χ3n) is 7.35. The molecule has 1 unspecified atom stereocenters. The zero-order chi connectivity index (χ0) is 29.3. The number of sulfonamides is 1. The van der Waals surface area contributed by atoms with E-state index in [1.807, 2.05) is 0 Å². The van der Waals surface area contributed by atoms with Crippen molar-refractivity contribution < 1.29 is 40.0 Å². The summed E-state index contributed by atoms with van der Waals surface area (Å²) in [5.41, 5.74) is -1.78. The number of alkyl halides is 4. The summed E-state index contributed by atoms with van der Waals surface area (Å²) in [6, 6.07) is 8.36. The Bertz CT molecular complexity index is 1350. The summed E-state index contributed by atoms with van der Waals surface area (Å²) in [6.45, 7) is 1.11. The number of hydrogen-bond acceptors (Lipinski definition) is 4. The molecule has 40 heavy (non-hydrogen) atoms. The summed E-state index contributed by atoms with van der Waals surface area (Å²) in [4.78, 5) is 24.6. The summed E-state index contributed by atoms with van der Waals surface area (Å²) in [6.07, 6.45) is 0.633. The van der Waals surface area contributed by atoms with Crippen molar-refractivity contribution in [2.24, 2.45) is 5.92 Å². The fourth-order valence-electron chi connectivity index (χ4n) is 4.90. The number of amides is 2. The molecule has 1 aliphatic carbocycles. The van der Waals surface area contributed by atoms with Gasteiger partial charge in [0.25, 0.3) is 5.91 Å². The molecule has 2 aliphatic heterocycles. The van der Waals surface area contributed by atoms with Gasteiger partial charge in [0.15, 0.2) is 5.67 Å². The molecule has 3 fully saturated rings. The molecule has 218 valence electrons. The van der Waals surface area contributed by atoms with Crippen LogP contribution in [0.5, 0.6) is 0 Å². The third kappa shape index (κ3) is 6.80. The summed E-state index contributed by atoms with van der Waals surface area (Å²) in [5, 5.41) is 2.46. The van der Waals surface area contributed by atoms with E-state index in [2.05, 4.69) is 5.32 Å². The summed E-state index contributed by atoms with van der Waals surface area (Å²) >= 11 is 0. The van der Waals surface area contributed by atoms with Crippen LogP contribution in [0.4, 0.5) is 22.0 Å². The van der Waals surface area contributed by atoms with Crippen molar-refractivity contribution in [3.8, 4) is 0 Å². The fraction of sp³-hybridized carbons (Fsp3) is 0.481. The van der Waals surface area contributed by atoms with Crippen LogP contribution in [0.2, 0.25) is 0 Å². The van der Waals surface area contributed by atoms with Gasteiger partial charge in [0.1, 0.15) is 5.82 Å². The van der Waals surface area contributed by atoms with E-state index >= 15 is 0 Å². The molecule has 1 atom stereocenters. The Morgan fingerprint density at radius 3 is 2.27 bits per heavy atom. The highest BCUT2D eigenvalue weighted by Gasteiger charge is 2.49. The lowest BCUT2D eigenvalue weighted by molar-refractivity contribution is -0.137. The Morgan fingerprint density at radius 1 is 1.10 bits per heavy atom. The molecule has 2 aromatic carbocycles. The van der Waals surface area contributed by atoms with Gasteiger partial charge >= 0.3 is 6.18 Å². The van der Waals surface area contributed by atoms with Gasteiger partial charge in [-0.15, -0.1) is 0 Å². The van der Waals surface area contributed by atoms with Crippen LogP contribution < -0.4 is 5.32 Å². The minimum Gasteiger partial charge on any atom is -0.351 e. The van der Waals surface area contributed by atoms with Crippen LogP contribution in [-0.2, 0) is 26.7 Å². The van der Waals surface area contributed by atoms with Gasteiger partial charge in [0, 0.05) is 24.2 Å². The van der Waals surface area contributed by atoms with E-state index in [1.54, 1.807) is 29.2 Å². The van der Waals surface area contributed by atoms with Crippen LogP contribution in [0.15, 0.2) is 42.5 Å². The number of carbonyl (C=O) groups is 2. The van der Waals surface area contributed by atoms with Crippen LogP contribution >= 0.6 is 0 Å². The molecule has 2 amide bonds. The van der Waals surface area contributed by atoms with Crippen LogP contribution in [0, 0.1) is 11.7 Å². The van der Waals surface area contributed by atoms with Crippen molar-refractivity contribution in [3.05, 3.63) is 70.5 Å².